The molecule has 1 aliphatic heterocycles. The minimum Gasteiger partial charge on any atom is -0.422 e. The zero-order valence-electron chi connectivity index (χ0n) is 12.5. The van der Waals surface area contributed by atoms with Gasteiger partial charge in [0.2, 0.25) is 0 Å². The fourth-order valence-corrected chi connectivity index (χ4v) is 3.30. The van der Waals surface area contributed by atoms with Crippen LogP contribution in [0, 0.1) is 0 Å². The summed E-state index contributed by atoms with van der Waals surface area (Å²) in [7, 11) is 0. The lowest BCUT2D eigenvalue weighted by atomic mass is 10.2. The van der Waals surface area contributed by atoms with E-state index in [0.717, 1.165) is 17.3 Å². The van der Waals surface area contributed by atoms with E-state index >= 15 is 0 Å². The summed E-state index contributed by atoms with van der Waals surface area (Å²) in [6.45, 7) is 0. The van der Waals surface area contributed by atoms with Crippen molar-refractivity contribution >= 4 is 62.4 Å². The molecule has 0 aromatic heterocycles. The Morgan fingerprint density at radius 3 is 2.56 bits per heavy atom. The summed E-state index contributed by atoms with van der Waals surface area (Å²) in [6.07, 6.45) is 1.67. The average Bonchev–Trinajstić information content (AvgIpc) is 2.88. The molecule has 0 atom stereocenters. The topological polar surface area (TPSA) is 81.8 Å². The maximum absolute atomic E-state index is 12.1. The first-order chi connectivity index (χ1) is 11.9. The quantitative estimate of drug-likeness (QED) is 0.441. The number of ether oxygens (including phenoxy) is 1. The number of nitrogens with two attached hydrogens (primary N) is 1. The SMILES string of the molecule is NC1=NC(=O)/C(=C/c2ccc(OC(=O)c3ccc(Cl)cc3)c(Br)c2)S1. The number of esters is 1. The lowest BCUT2D eigenvalue weighted by Crippen LogP contribution is -2.08. The Morgan fingerprint density at radius 1 is 1.24 bits per heavy atom. The summed E-state index contributed by atoms with van der Waals surface area (Å²) in [5.74, 6) is -0.494. The van der Waals surface area contributed by atoms with Gasteiger partial charge in [0.15, 0.2) is 5.17 Å². The normalized spacial score (nSPS) is 15.4. The maximum Gasteiger partial charge on any atom is 0.343 e. The van der Waals surface area contributed by atoms with Gasteiger partial charge in [0.1, 0.15) is 5.75 Å². The first kappa shape index (κ1) is 17.7. The van der Waals surface area contributed by atoms with E-state index in [4.69, 9.17) is 22.1 Å². The number of hydrogen-bond acceptors (Lipinski definition) is 5. The Morgan fingerprint density at radius 2 is 1.96 bits per heavy atom. The van der Waals surface area contributed by atoms with Crippen LogP contribution in [0.3, 0.4) is 0 Å². The summed E-state index contributed by atoms with van der Waals surface area (Å²) in [5.41, 5.74) is 6.66. The number of carbonyl (C=O) groups is 2. The predicted molar refractivity (Wildman–Crippen MR) is 103 cm³/mol. The molecule has 1 amide bonds. The van der Waals surface area contributed by atoms with Crippen LogP contribution in [0.5, 0.6) is 5.75 Å². The van der Waals surface area contributed by atoms with Gasteiger partial charge in [0.05, 0.1) is 14.9 Å². The third kappa shape index (κ3) is 4.31. The lowest BCUT2D eigenvalue weighted by molar-refractivity contribution is -0.113. The zero-order chi connectivity index (χ0) is 18.0. The number of amides is 1. The largest absolute Gasteiger partial charge is 0.422 e. The molecule has 2 aromatic carbocycles. The highest BCUT2D eigenvalue weighted by atomic mass is 79.9. The summed E-state index contributed by atoms with van der Waals surface area (Å²) < 4.78 is 5.95. The van der Waals surface area contributed by atoms with Crippen molar-refractivity contribution in [1.29, 1.82) is 0 Å². The second-order valence-electron chi connectivity index (χ2n) is 4.95. The highest BCUT2D eigenvalue weighted by molar-refractivity contribution is 9.10. The molecule has 5 nitrogen and oxygen atoms in total. The molecular formula is C17H10BrClN2O3S. The highest BCUT2D eigenvalue weighted by Crippen LogP contribution is 2.31. The molecule has 0 aliphatic carbocycles. The molecule has 0 unspecified atom stereocenters. The fourth-order valence-electron chi connectivity index (χ4n) is 2.01. The molecule has 126 valence electrons. The predicted octanol–water partition coefficient (Wildman–Crippen LogP) is 4.25. The Bertz CT molecular complexity index is 926. The van der Waals surface area contributed by atoms with Crippen molar-refractivity contribution in [2.24, 2.45) is 10.7 Å². The van der Waals surface area contributed by atoms with Crippen LogP contribution in [0.2, 0.25) is 5.02 Å². The van der Waals surface area contributed by atoms with Gasteiger partial charge in [-0.05, 0) is 75.7 Å². The van der Waals surface area contributed by atoms with Crippen molar-refractivity contribution < 1.29 is 14.3 Å². The third-order valence-corrected chi connectivity index (χ3v) is 4.86. The first-order valence-electron chi connectivity index (χ1n) is 6.98. The van der Waals surface area contributed by atoms with E-state index in [1.165, 1.54) is 0 Å². The van der Waals surface area contributed by atoms with Gasteiger partial charge in [-0.15, -0.1) is 0 Å². The standard InChI is InChI=1S/C17H10BrClN2O3S/c18-12-7-9(8-14-15(22)21-17(20)25-14)1-6-13(12)24-16(23)10-2-4-11(19)5-3-10/h1-8H,(H2,20,21,22)/b14-8-. The molecule has 0 spiro atoms. The van der Waals surface area contributed by atoms with Crippen LogP contribution in [0.25, 0.3) is 6.08 Å². The second-order valence-corrected chi connectivity index (χ2v) is 7.31. The third-order valence-electron chi connectivity index (χ3n) is 3.17. The van der Waals surface area contributed by atoms with E-state index in [-0.39, 0.29) is 11.1 Å². The van der Waals surface area contributed by atoms with Crippen LogP contribution in [0.4, 0.5) is 0 Å². The molecule has 0 fully saturated rings. The molecule has 0 radical (unpaired) electrons. The summed E-state index contributed by atoms with van der Waals surface area (Å²) in [4.78, 5) is 27.9. The van der Waals surface area contributed by atoms with Crippen LogP contribution >= 0.6 is 39.3 Å². The average molecular weight is 438 g/mol. The summed E-state index contributed by atoms with van der Waals surface area (Å²) in [6, 6.07) is 11.5. The smallest absolute Gasteiger partial charge is 0.343 e. The van der Waals surface area contributed by atoms with Gasteiger partial charge in [-0.3, -0.25) is 4.79 Å². The van der Waals surface area contributed by atoms with Gasteiger partial charge < -0.3 is 10.5 Å². The number of aliphatic imine (C=N–C) groups is 1. The van der Waals surface area contributed by atoms with Crippen LogP contribution in [-0.2, 0) is 4.79 Å². The van der Waals surface area contributed by atoms with Crippen LogP contribution in [0.1, 0.15) is 15.9 Å². The van der Waals surface area contributed by atoms with E-state index in [2.05, 4.69) is 20.9 Å². The second kappa shape index (κ2) is 7.43. The monoisotopic (exact) mass is 436 g/mol. The number of hydrogen-bond donors (Lipinski definition) is 1. The Kier molecular flexibility index (Phi) is 5.27. The molecule has 0 bridgehead atoms. The molecular weight excluding hydrogens is 428 g/mol. The van der Waals surface area contributed by atoms with Gasteiger partial charge in [0, 0.05) is 5.02 Å². The summed E-state index contributed by atoms with van der Waals surface area (Å²) >= 11 is 10.3. The van der Waals surface area contributed by atoms with E-state index in [9.17, 15) is 9.59 Å². The molecule has 0 saturated heterocycles. The van der Waals surface area contributed by atoms with Gasteiger partial charge in [-0.2, -0.15) is 4.99 Å². The van der Waals surface area contributed by atoms with Gasteiger partial charge in [-0.1, -0.05) is 17.7 Å². The minimum atomic E-state index is -0.494. The zero-order valence-corrected chi connectivity index (χ0v) is 15.7. The van der Waals surface area contributed by atoms with Gasteiger partial charge in [-0.25, -0.2) is 4.79 Å². The number of halogens is 2. The van der Waals surface area contributed by atoms with Crippen molar-refractivity contribution in [3.05, 3.63) is 68.0 Å². The molecule has 25 heavy (non-hydrogen) atoms. The van der Waals surface area contributed by atoms with E-state index < -0.39 is 5.97 Å². The van der Waals surface area contributed by atoms with Crippen LogP contribution in [-0.4, -0.2) is 17.0 Å². The maximum atomic E-state index is 12.1. The molecule has 8 heteroatoms. The minimum absolute atomic E-state index is 0.226. The van der Waals surface area contributed by atoms with Crippen LogP contribution < -0.4 is 10.5 Å². The Hall–Kier alpha value is -2.09. The molecule has 1 aliphatic rings. The lowest BCUT2D eigenvalue weighted by Gasteiger charge is -2.07. The molecule has 2 aromatic rings. The highest BCUT2D eigenvalue weighted by Gasteiger charge is 2.19. The number of thioether (sulfide) groups is 1. The Balaban J connectivity index is 1.76. The van der Waals surface area contributed by atoms with Crippen molar-refractivity contribution in [3.8, 4) is 5.75 Å². The number of nitrogens with zero attached hydrogens (tertiary/aromatic N) is 1. The van der Waals surface area contributed by atoms with Crippen molar-refractivity contribution in [2.45, 2.75) is 0 Å². The van der Waals surface area contributed by atoms with E-state index in [1.54, 1.807) is 48.5 Å². The number of benzene rings is 2. The summed E-state index contributed by atoms with van der Waals surface area (Å²) in [5, 5.41) is 0.767. The number of amidine groups is 1. The van der Waals surface area contributed by atoms with E-state index in [0.29, 0.717) is 25.7 Å². The number of rotatable bonds is 3. The number of carbonyl (C=O) groups excluding carboxylic acids is 2. The van der Waals surface area contributed by atoms with Gasteiger partial charge in [0.25, 0.3) is 5.91 Å². The molecule has 0 saturated carbocycles. The molecule has 2 N–H and O–H groups in total. The molecule has 1 heterocycles. The van der Waals surface area contributed by atoms with Gasteiger partial charge >= 0.3 is 5.97 Å². The van der Waals surface area contributed by atoms with Crippen molar-refractivity contribution in [3.63, 3.8) is 0 Å². The molecule has 3 rings (SSSR count). The van der Waals surface area contributed by atoms with Crippen molar-refractivity contribution in [1.82, 2.24) is 0 Å². The van der Waals surface area contributed by atoms with E-state index in [1.807, 2.05) is 0 Å². The van der Waals surface area contributed by atoms with Crippen LogP contribution in [0.15, 0.2) is 56.8 Å². The fraction of sp³-hybridized carbons (Fsp3) is 0. The van der Waals surface area contributed by atoms with Crippen molar-refractivity contribution in [2.75, 3.05) is 0 Å². The first-order valence-corrected chi connectivity index (χ1v) is 8.96. The Labute approximate surface area is 161 Å².